The van der Waals surface area contributed by atoms with Crippen LogP contribution < -0.4 is 5.32 Å². The SMILES string of the molecule is CC(C)NCC(OC(C)C(C)C)c1ccc(Cl)cc1. The Morgan fingerprint density at radius 2 is 1.63 bits per heavy atom. The van der Waals surface area contributed by atoms with Crippen molar-refractivity contribution in [3.8, 4) is 0 Å². The van der Waals surface area contributed by atoms with E-state index in [1.54, 1.807) is 0 Å². The van der Waals surface area contributed by atoms with Crippen molar-refractivity contribution < 1.29 is 4.74 Å². The molecule has 1 aromatic rings. The van der Waals surface area contributed by atoms with Crippen LogP contribution >= 0.6 is 11.6 Å². The zero-order valence-electron chi connectivity index (χ0n) is 12.6. The highest BCUT2D eigenvalue weighted by atomic mass is 35.5. The summed E-state index contributed by atoms with van der Waals surface area (Å²) in [7, 11) is 0. The van der Waals surface area contributed by atoms with Crippen LogP contribution in [0, 0.1) is 5.92 Å². The fourth-order valence-corrected chi connectivity index (χ4v) is 1.81. The van der Waals surface area contributed by atoms with Gasteiger partial charge in [-0.05, 0) is 30.5 Å². The van der Waals surface area contributed by atoms with Crippen molar-refractivity contribution in [3.05, 3.63) is 34.9 Å². The number of rotatable bonds is 7. The average molecular weight is 284 g/mol. The summed E-state index contributed by atoms with van der Waals surface area (Å²) in [5, 5.41) is 4.21. The molecular weight excluding hydrogens is 258 g/mol. The Morgan fingerprint density at radius 1 is 1.05 bits per heavy atom. The molecule has 108 valence electrons. The van der Waals surface area contributed by atoms with Gasteiger partial charge in [-0.3, -0.25) is 0 Å². The van der Waals surface area contributed by atoms with Crippen molar-refractivity contribution in [2.75, 3.05) is 6.54 Å². The molecule has 0 aliphatic rings. The number of hydrogen-bond donors (Lipinski definition) is 1. The van der Waals surface area contributed by atoms with Gasteiger partial charge in [0.15, 0.2) is 0 Å². The predicted octanol–water partition coefficient (Wildman–Crippen LogP) is 4.44. The molecule has 2 atom stereocenters. The summed E-state index contributed by atoms with van der Waals surface area (Å²) >= 11 is 5.94. The van der Waals surface area contributed by atoms with Crippen molar-refractivity contribution in [2.45, 2.75) is 52.9 Å². The van der Waals surface area contributed by atoms with Crippen molar-refractivity contribution in [1.82, 2.24) is 5.32 Å². The van der Waals surface area contributed by atoms with E-state index in [1.807, 2.05) is 24.3 Å². The number of benzene rings is 1. The van der Waals surface area contributed by atoms with Gasteiger partial charge in [0, 0.05) is 17.6 Å². The molecule has 0 amide bonds. The molecule has 0 aliphatic heterocycles. The molecule has 19 heavy (non-hydrogen) atoms. The summed E-state index contributed by atoms with van der Waals surface area (Å²) in [6, 6.07) is 8.38. The number of ether oxygens (including phenoxy) is 1. The molecule has 1 N–H and O–H groups in total. The van der Waals surface area contributed by atoms with Crippen LogP contribution in [0.25, 0.3) is 0 Å². The third-order valence-corrected chi connectivity index (χ3v) is 3.52. The van der Waals surface area contributed by atoms with E-state index in [4.69, 9.17) is 16.3 Å². The van der Waals surface area contributed by atoms with Crippen LogP contribution in [0.2, 0.25) is 5.02 Å². The molecule has 0 spiro atoms. The van der Waals surface area contributed by atoms with E-state index >= 15 is 0 Å². The second kappa shape index (κ2) is 7.88. The van der Waals surface area contributed by atoms with Gasteiger partial charge < -0.3 is 10.1 Å². The van der Waals surface area contributed by atoms with Gasteiger partial charge in [-0.1, -0.05) is 51.4 Å². The molecule has 2 unspecified atom stereocenters. The summed E-state index contributed by atoms with van der Waals surface area (Å²) in [4.78, 5) is 0. The summed E-state index contributed by atoms with van der Waals surface area (Å²) in [6.45, 7) is 11.6. The fourth-order valence-electron chi connectivity index (χ4n) is 1.68. The second-order valence-corrected chi connectivity index (χ2v) is 6.12. The van der Waals surface area contributed by atoms with Crippen LogP contribution in [0.5, 0.6) is 0 Å². The number of hydrogen-bond acceptors (Lipinski definition) is 2. The quantitative estimate of drug-likeness (QED) is 0.799. The Labute approximate surface area is 122 Å². The minimum atomic E-state index is 0.0667. The Morgan fingerprint density at radius 3 is 2.11 bits per heavy atom. The molecular formula is C16H26ClNO. The standard InChI is InChI=1S/C16H26ClNO/c1-11(2)13(5)19-16(10-18-12(3)4)14-6-8-15(17)9-7-14/h6-9,11-13,16,18H,10H2,1-5H3. The van der Waals surface area contributed by atoms with Crippen molar-refractivity contribution >= 4 is 11.6 Å². The van der Waals surface area contributed by atoms with Crippen LogP contribution in [0.4, 0.5) is 0 Å². The molecule has 0 saturated carbocycles. The lowest BCUT2D eigenvalue weighted by Gasteiger charge is -2.26. The zero-order chi connectivity index (χ0) is 14.4. The zero-order valence-corrected chi connectivity index (χ0v) is 13.4. The van der Waals surface area contributed by atoms with Gasteiger partial charge in [0.2, 0.25) is 0 Å². The van der Waals surface area contributed by atoms with Crippen LogP contribution in [-0.4, -0.2) is 18.7 Å². The lowest BCUT2D eigenvalue weighted by molar-refractivity contribution is -0.0266. The van der Waals surface area contributed by atoms with Gasteiger partial charge in [0.1, 0.15) is 0 Å². The van der Waals surface area contributed by atoms with Gasteiger partial charge in [0.25, 0.3) is 0 Å². The van der Waals surface area contributed by atoms with Crippen molar-refractivity contribution in [1.29, 1.82) is 0 Å². The Balaban J connectivity index is 2.76. The number of halogens is 1. The van der Waals surface area contributed by atoms with Gasteiger partial charge in [0.05, 0.1) is 12.2 Å². The Hall–Kier alpha value is -0.570. The summed E-state index contributed by atoms with van der Waals surface area (Å²) in [5.41, 5.74) is 1.17. The van der Waals surface area contributed by atoms with E-state index in [9.17, 15) is 0 Å². The first kappa shape index (κ1) is 16.5. The predicted molar refractivity (Wildman–Crippen MR) is 82.7 cm³/mol. The van der Waals surface area contributed by atoms with Crippen LogP contribution in [0.3, 0.4) is 0 Å². The lowest BCUT2D eigenvalue weighted by atomic mass is 10.1. The minimum Gasteiger partial charge on any atom is -0.369 e. The van der Waals surface area contributed by atoms with Crippen LogP contribution in [0.15, 0.2) is 24.3 Å². The first-order valence-electron chi connectivity index (χ1n) is 7.04. The maximum Gasteiger partial charge on any atom is 0.0953 e. The van der Waals surface area contributed by atoms with E-state index in [0.29, 0.717) is 12.0 Å². The minimum absolute atomic E-state index is 0.0667. The molecule has 0 aromatic heterocycles. The third kappa shape index (κ3) is 5.94. The van der Waals surface area contributed by atoms with E-state index < -0.39 is 0 Å². The molecule has 1 aromatic carbocycles. The molecule has 0 saturated heterocycles. The molecule has 0 bridgehead atoms. The van der Waals surface area contributed by atoms with Crippen molar-refractivity contribution in [3.63, 3.8) is 0 Å². The van der Waals surface area contributed by atoms with Crippen molar-refractivity contribution in [2.24, 2.45) is 5.92 Å². The summed E-state index contributed by atoms with van der Waals surface area (Å²) in [6.07, 6.45) is 0.298. The van der Waals surface area contributed by atoms with E-state index in [2.05, 4.69) is 39.9 Å². The Kier molecular flexibility index (Phi) is 6.84. The monoisotopic (exact) mass is 283 g/mol. The molecule has 0 radical (unpaired) electrons. The average Bonchev–Trinajstić information content (AvgIpc) is 2.35. The highest BCUT2D eigenvalue weighted by Gasteiger charge is 2.18. The van der Waals surface area contributed by atoms with Gasteiger partial charge in [-0.25, -0.2) is 0 Å². The maximum absolute atomic E-state index is 6.18. The normalized spacial score (nSPS) is 14.9. The first-order chi connectivity index (χ1) is 8.90. The highest BCUT2D eigenvalue weighted by molar-refractivity contribution is 6.30. The first-order valence-corrected chi connectivity index (χ1v) is 7.42. The van der Waals surface area contributed by atoms with Gasteiger partial charge in [-0.2, -0.15) is 0 Å². The fraction of sp³-hybridized carbons (Fsp3) is 0.625. The van der Waals surface area contributed by atoms with E-state index in [0.717, 1.165) is 11.6 Å². The highest BCUT2D eigenvalue weighted by Crippen LogP contribution is 2.23. The molecule has 1 rings (SSSR count). The smallest absolute Gasteiger partial charge is 0.0953 e. The molecule has 3 heteroatoms. The largest absolute Gasteiger partial charge is 0.369 e. The summed E-state index contributed by atoms with van der Waals surface area (Å²) < 4.78 is 6.18. The molecule has 0 heterocycles. The maximum atomic E-state index is 6.18. The molecule has 0 fully saturated rings. The van der Waals surface area contributed by atoms with Crippen LogP contribution in [-0.2, 0) is 4.74 Å². The van der Waals surface area contributed by atoms with Crippen LogP contribution in [0.1, 0.15) is 46.3 Å². The summed E-state index contributed by atoms with van der Waals surface area (Å²) in [5.74, 6) is 0.508. The third-order valence-electron chi connectivity index (χ3n) is 3.27. The van der Waals surface area contributed by atoms with E-state index in [1.165, 1.54) is 5.56 Å². The Bertz CT molecular complexity index is 362. The lowest BCUT2D eigenvalue weighted by Crippen LogP contribution is -2.31. The van der Waals surface area contributed by atoms with E-state index in [-0.39, 0.29) is 12.2 Å². The molecule has 0 aliphatic carbocycles. The number of nitrogens with one attached hydrogen (secondary N) is 1. The topological polar surface area (TPSA) is 21.3 Å². The van der Waals surface area contributed by atoms with Gasteiger partial charge >= 0.3 is 0 Å². The molecule has 2 nitrogen and oxygen atoms in total. The second-order valence-electron chi connectivity index (χ2n) is 5.69. The van der Waals surface area contributed by atoms with Gasteiger partial charge in [-0.15, -0.1) is 0 Å².